The van der Waals surface area contributed by atoms with Crippen LogP contribution in [-0.2, 0) is 7.05 Å². The summed E-state index contributed by atoms with van der Waals surface area (Å²) < 4.78 is 1.52. The van der Waals surface area contributed by atoms with Crippen LogP contribution in [0.2, 0.25) is 10.2 Å². The Hall–Kier alpha value is -1.46. The largest absolute Gasteiger partial charge is 0.329 e. The Morgan fingerprint density at radius 2 is 2.11 bits per heavy atom. The normalized spacial score (nSPS) is 10.7. The number of anilines is 1. The second-order valence-corrected chi connectivity index (χ2v) is 4.77. The first-order valence-electron chi connectivity index (χ1n) is 5.25. The summed E-state index contributed by atoms with van der Waals surface area (Å²) in [5, 5.41) is 10.2. The van der Waals surface area contributed by atoms with Gasteiger partial charge in [-0.1, -0.05) is 23.2 Å². The fraction of sp³-hybridized carbons (Fsp3) is 0.273. The zero-order valence-electron chi connectivity index (χ0n) is 10.1. The summed E-state index contributed by atoms with van der Waals surface area (Å²) in [4.78, 5) is 12.1. The number of nitrogens with zero attached hydrogens (tertiary/aromatic N) is 2. The number of aryl methyl sites for hydroxylation is 1. The van der Waals surface area contributed by atoms with E-state index in [1.807, 2.05) is 13.8 Å². The molecule has 2 heterocycles. The van der Waals surface area contributed by atoms with Crippen molar-refractivity contribution in [3.8, 4) is 0 Å². The third-order valence-electron chi connectivity index (χ3n) is 2.83. The quantitative estimate of drug-likeness (QED) is 0.892. The van der Waals surface area contributed by atoms with Gasteiger partial charge in [-0.2, -0.15) is 5.10 Å². The summed E-state index contributed by atoms with van der Waals surface area (Å²) >= 11 is 11.8. The Morgan fingerprint density at radius 3 is 2.56 bits per heavy atom. The van der Waals surface area contributed by atoms with E-state index in [9.17, 15) is 4.79 Å². The summed E-state index contributed by atoms with van der Waals surface area (Å²) in [6.45, 7) is 3.76. The van der Waals surface area contributed by atoms with Gasteiger partial charge < -0.3 is 9.88 Å². The number of amides is 1. The fourth-order valence-electron chi connectivity index (χ4n) is 1.54. The monoisotopic (exact) mass is 286 g/mol. The van der Waals surface area contributed by atoms with E-state index in [2.05, 4.69) is 15.5 Å². The molecule has 0 aliphatic rings. The molecule has 0 unspecified atom stereocenters. The highest BCUT2D eigenvalue weighted by Crippen LogP contribution is 2.25. The highest BCUT2D eigenvalue weighted by atomic mass is 35.5. The van der Waals surface area contributed by atoms with Gasteiger partial charge in [0.25, 0.3) is 5.91 Å². The lowest BCUT2D eigenvalue weighted by atomic mass is 10.3. The van der Waals surface area contributed by atoms with Crippen molar-refractivity contribution in [2.24, 2.45) is 7.05 Å². The topological polar surface area (TPSA) is 62.7 Å². The van der Waals surface area contributed by atoms with E-state index in [0.29, 0.717) is 21.7 Å². The average Bonchev–Trinajstić information content (AvgIpc) is 2.77. The Balaban J connectivity index is 2.27. The van der Waals surface area contributed by atoms with Crippen LogP contribution < -0.4 is 5.32 Å². The van der Waals surface area contributed by atoms with Crippen LogP contribution in [0.4, 0.5) is 5.82 Å². The highest BCUT2D eigenvalue weighted by molar-refractivity contribution is 6.42. The molecule has 0 aliphatic carbocycles. The zero-order valence-corrected chi connectivity index (χ0v) is 11.6. The summed E-state index contributed by atoms with van der Waals surface area (Å²) in [6, 6.07) is 1.52. The molecule has 0 fully saturated rings. The van der Waals surface area contributed by atoms with Gasteiger partial charge in [0.1, 0.15) is 10.8 Å². The van der Waals surface area contributed by atoms with E-state index in [-0.39, 0.29) is 5.91 Å². The zero-order chi connectivity index (χ0) is 13.4. The van der Waals surface area contributed by atoms with Crippen molar-refractivity contribution >= 4 is 34.9 Å². The minimum absolute atomic E-state index is 0.305. The van der Waals surface area contributed by atoms with E-state index in [4.69, 9.17) is 23.2 Å². The van der Waals surface area contributed by atoms with E-state index in [0.717, 1.165) is 11.3 Å². The van der Waals surface area contributed by atoms with Gasteiger partial charge >= 0.3 is 0 Å². The number of H-pyrrole nitrogens is 1. The minimum atomic E-state index is -0.305. The molecule has 0 radical (unpaired) electrons. The second kappa shape index (κ2) is 4.66. The predicted octanol–water partition coefficient (Wildman–Crippen LogP) is 2.92. The van der Waals surface area contributed by atoms with Crippen molar-refractivity contribution in [3.63, 3.8) is 0 Å². The highest BCUT2D eigenvalue weighted by Gasteiger charge is 2.17. The number of aromatic nitrogens is 3. The first-order chi connectivity index (χ1) is 8.41. The van der Waals surface area contributed by atoms with Gasteiger partial charge in [-0.25, -0.2) is 0 Å². The molecule has 7 heteroatoms. The Labute approximate surface area is 114 Å². The van der Waals surface area contributed by atoms with Crippen molar-refractivity contribution in [1.82, 2.24) is 14.8 Å². The van der Waals surface area contributed by atoms with E-state index < -0.39 is 0 Å². The molecule has 0 aromatic carbocycles. The first-order valence-corrected chi connectivity index (χ1v) is 6.01. The summed E-state index contributed by atoms with van der Waals surface area (Å²) in [5.41, 5.74) is 2.19. The number of nitrogens with one attached hydrogen (secondary N) is 2. The second-order valence-electron chi connectivity index (χ2n) is 4.00. The third-order valence-corrected chi connectivity index (χ3v) is 3.68. The molecule has 0 bridgehead atoms. The number of halogens is 2. The van der Waals surface area contributed by atoms with Gasteiger partial charge in [0.2, 0.25) is 0 Å². The smallest absolute Gasteiger partial charge is 0.273 e. The van der Waals surface area contributed by atoms with Crippen LogP contribution in [0.1, 0.15) is 21.7 Å². The predicted molar refractivity (Wildman–Crippen MR) is 71.4 cm³/mol. The van der Waals surface area contributed by atoms with Gasteiger partial charge in [-0.3, -0.25) is 9.89 Å². The van der Waals surface area contributed by atoms with Crippen LogP contribution in [0.15, 0.2) is 6.07 Å². The molecular weight excluding hydrogens is 275 g/mol. The maximum atomic E-state index is 12.1. The molecule has 0 spiro atoms. The molecule has 18 heavy (non-hydrogen) atoms. The van der Waals surface area contributed by atoms with Gasteiger partial charge in [0.15, 0.2) is 5.82 Å². The molecule has 5 nitrogen and oxygen atoms in total. The molecule has 2 aromatic heterocycles. The number of carbonyl (C=O) groups excluding carboxylic acids is 1. The molecule has 2 N–H and O–H groups in total. The molecule has 2 aromatic rings. The van der Waals surface area contributed by atoms with Crippen molar-refractivity contribution in [3.05, 3.63) is 33.2 Å². The average molecular weight is 287 g/mol. The number of hydrogen-bond acceptors (Lipinski definition) is 2. The van der Waals surface area contributed by atoms with Crippen molar-refractivity contribution < 1.29 is 4.79 Å². The van der Waals surface area contributed by atoms with Crippen LogP contribution in [-0.4, -0.2) is 20.7 Å². The van der Waals surface area contributed by atoms with Crippen LogP contribution in [0.5, 0.6) is 0 Å². The molecule has 0 saturated heterocycles. The maximum Gasteiger partial charge on any atom is 0.273 e. The van der Waals surface area contributed by atoms with Crippen LogP contribution >= 0.6 is 23.2 Å². The Kier molecular flexibility index (Phi) is 3.36. The number of hydrogen-bond donors (Lipinski definition) is 2. The molecule has 2 rings (SSSR count). The van der Waals surface area contributed by atoms with E-state index in [1.165, 1.54) is 10.6 Å². The van der Waals surface area contributed by atoms with Crippen molar-refractivity contribution in [2.45, 2.75) is 13.8 Å². The van der Waals surface area contributed by atoms with Crippen LogP contribution in [0, 0.1) is 13.8 Å². The van der Waals surface area contributed by atoms with Crippen LogP contribution in [0.25, 0.3) is 0 Å². The molecule has 0 saturated carbocycles. The number of rotatable bonds is 2. The van der Waals surface area contributed by atoms with Gasteiger partial charge in [-0.15, -0.1) is 0 Å². The lowest BCUT2D eigenvalue weighted by Crippen LogP contribution is -2.16. The molecule has 0 atom stereocenters. The minimum Gasteiger partial charge on any atom is -0.329 e. The summed E-state index contributed by atoms with van der Waals surface area (Å²) in [6.07, 6.45) is 0. The fourth-order valence-corrected chi connectivity index (χ4v) is 1.91. The Bertz CT molecular complexity index is 615. The lowest BCUT2D eigenvalue weighted by molar-refractivity contribution is 0.101. The van der Waals surface area contributed by atoms with Gasteiger partial charge in [-0.05, 0) is 19.9 Å². The molecule has 0 aliphatic heterocycles. The number of carbonyl (C=O) groups is 1. The van der Waals surface area contributed by atoms with Crippen LogP contribution in [0.3, 0.4) is 0 Å². The van der Waals surface area contributed by atoms with Crippen molar-refractivity contribution in [1.29, 1.82) is 0 Å². The number of aromatic amines is 1. The lowest BCUT2D eigenvalue weighted by Gasteiger charge is -2.04. The molecule has 96 valence electrons. The van der Waals surface area contributed by atoms with E-state index >= 15 is 0 Å². The van der Waals surface area contributed by atoms with E-state index in [1.54, 1.807) is 7.05 Å². The summed E-state index contributed by atoms with van der Waals surface area (Å²) in [5.74, 6) is 0.201. The maximum absolute atomic E-state index is 12.1. The first kappa shape index (κ1) is 13.0. The SMILES string of the molecule is Cc1[nH]nc(NC(=O)c2cc(Cl)c(Cl)n2C)c1C. The summed E-state index contributed by atoms with van der Waals surface area (Å²) in [7, 11) is 1.67. The molecular formula is C11H12Cl2N4O. The van der Waals surface area contributed by atoms with Gasteiger partial charge in [0.05, 0.1) is 5.02 Å². The van der Waals surface area contributed by atoms with Crippen molar-refractivity contribution in [2.75, 3.05) is 5.32 Å². The van der Waals surface area contributed by atoms with Gasteiger partial charge in [0, 0.05) is 18.3 Å². The standard InChI is InChI=1S/C11H12Cl2N4O/c1-5-6(2)15-16-10(5)14-11(18)8-4-7(12)9(13)17(8)3/h4H,1-3H3,(H2,14,15,16,18). The molecule has 1 amide bonds. The Morgan fingerprint density at radius 1 is 1.44 bits per heavy atom. The third kappa shape index (κ3) is 2.11.